The molecule has 0 aliphatic carbocycles. The number of carbonyl (C=O) groups excluding carboxylic acids is 1. The second-order valence-electron chi connectivity index (χ2n) is 9.04. The molecular weight excluding hydrogens is 479 g/mol. The molecule has 1 heterocycles. The highest BCUT2D eigenvalue weighted by Gasteiger charge is 2.31. The number of hydrogen-bond donors (Lipinski definition) is 2. The van der Waals surface area contributed by atoms with E-state index < -0.39 is 23.4 Å². The van der Waals surface area contributed by atoms with Gasteiger partial charge in [0.1, 0.15) is 11.9 Å². The maximum absolute atomic E-state index is 13.4. The number of aryl methyl sites for hydroxylation is 1. The van der Waals surface area contributed by atoms with Crippen LogP contribution in [0.2, 0.25) is 0 Å². The molecule has 3 rings (SSSR count). The molecular formula is C24H28F3N5O4. The fourth-order valence-corrected chi connectivity index (χ4v) is 3.37. The Hall–Kier alpha value is -3.80. The number of nitrogens with zero attached hydrogens (tertiary/aromatic N) is 3. The van der Waals surface area contributed by atoms with Crippen LogP contribution in [0.4, 0.5) is 29.3 Å². The molecule has 2 aromatic carbocycles. The zero-order valence-corrected chi connectivity index (χ0v) is 20.6. The smallest absolute Gasteiger partial charge is 0.416 e. The van der Waals surface area contributed by atoms with Gasteiger partial charge in [0.2, 0.25) is 0 Å². The van der Waals surface area contributed by atoms with Crippen molar-refractivity contribution < 1.29 is 32.2 Å². The molecule has 0 unspecified atom stereocenters. The summed E-state index contributed by atoms with van der Waals surface area (Å²) in [6.45, 7) is 4.84. The molecule has 0 saturated heterocycles. The molecule has 0 radical (unpaired) electrons. The van der Waals surface area contributed by atoms with Crippen molar-refractivity contribution in [1.29, 1.82) is 0 Å². The highest BCUT2D eigenvalue weighted by atomic mass is 19.4. The Morgan fingerprint density at radius 2 is 1.75 bits per heavy atom. The van der Waals surface area contributed by atoms with Gasteiger partial charge in [-0.25, -0.2) is 9.78 Å². The average Bonchev–Trinajstić information content (AvgIpc) is 3.17. The van der Waals surface area contributed by atoms with E-state index in [2.05, 4.69) is 15.4 Å². The molecule has 0 spiro atoms. The predicted molar refractivity (Wildman–Crippen MR) is 127 cm³/mol. The standard InChI is InChI=1S/C24H28F3N5O4/c1-23(2,3)36-22(33)30-17-7-14(6-16(10-17)24(25,26)27)11-35-12-15-8-18(20(34-5)19(28)9-15)21-29-13-32(4)31-21/h6-10,13H,11-12,28H2,1-5H3,(H,30,33). The van der Waals surface area contributed by atoms with Gasteiger partial charge >= 0.3 is 12.3 Å². The van der Waals surface area contributed by atoms with E-state index in [9.17, 15) is 18.0 Å². The first kappa shape index (κ1) is 26.8. The lowest BCUT2D eigenvalue weighted by molar-refractivity contribution is -0.137. The number of rotatable bonds is 7. The molecule has 0 saturated carbocycles. The van der Waals surface area contributed by atoms with E-state index in [1.165, 1.54) is 24.2 Å². The number of amides is 1. The number of halogens is 3. The SMILES string of the molecule is COc1c(N)cc(COCc2cc(NC(=O)OC(C)(C)C)cc(C(F)(F)F)c2)cc1-c1ncn(C)n1. The van der Waals surface area contributed by atoms with E-state index in [1.807, 2.05) is 0 Å². The highest BCUT2D eigenvalue weighted by molar-refractivity contribution is 5.85. The quantitative estimate of drug-likeness (QED) is 0.425. The number of methoxy groups -OCH3 is 1. The van der Waals surface area contributed by atoms with E-state index >= 15 is 0 Å². The molecule has 9 nitrogen and oxygen atoms in total. The van der Waals surface area contributed by atoms with E-state index in [0.29, 0.717) is 28.4 Å². The fourth-order valence-electron chi connectivity index (χ4n) is 3.37. The van der Waals surface area contributed by atoms with E-state index in [1.54, 1.807) is 40.0 Å². The number of hydrogen-bond acceptors (Lipinski definition) is 7. The number of nitrogens with one attached hydrogen (secondary N) is 1. The van der Waals surface area contributed by atoms with Crippen molar-refractivity contribution in [3.8, 4) is 17.1 Å². The minimum atomic E-state index is -4.62. The topological polar surface area (TPSA) is 114 Å². The second kappa shape index (κ2) is 10.4. The molecule has 0 atom stereocenters. The third-order valence-corrected chi connectivity index (χ3v) is 4.72. The zero-order chi connectivity index (χ0) is 26.7. The molecule has 0 aliphatic rings. The van der Waals surface area contributed by atoms with Crippen LogP contribution in [-0.4, -0.2) is 33.6 Å². The maximum atomic E-state index is 13.4. The van der Waals surface area contributed by atoms with Crippen LogP contribution in [0, 0.1) is 0 Å². The van der Waals surface area contributed by atoms with Crippen LogP contribution in [0.25, 0.3) is 11.4 Å². The molecule has 3 N–H and O–H groups in total. The molecule has 36 heavy (non-hydrogen) atoms. The maximum Gasteiger partial charge on any atom is 0.416 e. The van der Waals surface area contributed by atoms with Crippen LogP contribution in [0.3, 0.4) is 0 Å². The van der Waals surface area contributed by atoms with Gasteiger partial charge in [-0.05, 0) is 62.2 Å². The van der Waals surface area contributed by atoms with Gasteiger partial charge in [0.25, 0.3) is 0 Å². The average molecular weight is 508 g/mol. The molecule has 12 heteroatoms. The summed E-state index contributed by atoms with van der Waals surface area (Å²) < 4.78 is 58.1. The van der Waals surface area contributed by atoms with Gasteiger partial charge in [-0.2, -0.15) is 18.3 Å². The monoisotopic (exact) mass is 507 g/mol. The van der Waals surface area contributed by atoms with Gasteiger partial charge in [0, 0.05) is 12.7 Å². The molecule has 1 aromatic heterocycles. The van der Waals surface area contributed by atoms with Crippen LogP contribution < -0.4 is 15.8 Å². The summed E-state index contributed by atoms with van der Waals surface area (Å²) in [6.07, 6.45) is -3.95. The fraction of sp³-hybridized carbons (Fsp3) is 0.375. The number of carbonyl (C=O) groups is 1. The van der Waals surface area contributed by atoms with Crippen LogP contribution in [0.1, 0.15) is 37.5 Å². The van der Waals surface area contributed by atoms with Crippen LogP contribution in [0.5, 0.6) is 5.75 Å². The summed E-state index contributed by atoms with van der Waals surface area (Å²) in [5.74, 6) is 0.805. The number of ether oxygens (including phenoxy) is 3. The minimum absolute atomic E-state index is 0.0408. The third kappa shape index (κ3) is 7.11. The van der Waals surface area contributed by atoms with Crippen molar-refractivity contribution in [3.63, 3.8) is 0 Å². The Kier molecular flexibility index (Phi) is 7.77. The normalized spacial score (nSPS) is 11.9. The summed E-state index contributed by atoms with van der Waals surface area (Å²) in [6, 6.07) is 6.58. The lowest BCUT2D eigenvalue weighted by atomic mass is 10.1. The molecule has 0 bridgehead atoms. The number of nitrogen functional groups attached to an aromatic ring is 1. The van der Waals surface area contributed by atoms with Crippen LogP contribution in [0.15, 0.2) is 36.7 Å². The molecule has 3 aromatic rings. The van der Waals surface area contributed by atoms with Gasteiger partial charge < -0.3 is 19.9 Å². The first-order valence-electron chi connectivity index (χ1n) is 10.9. The van der Waals surface area contributed by atoms with Crippen molar-refractivity contribution in [2.75, 3.05) is 18.2 Å². The van der Waals surface area contributed by atoms with E-state index in [0.717, 1.165) is 12.1 Å². The number of alkyl halides is 3. The largest absolute Gasteiger partial charge is 0.494 e. The molecule has 194 valence electrons. The van der Waals surface area contributed by atoms with Gasteiger partial charge in [-0.3, -0.25) is 10.00 Å². The number of benzene rings is 2. The Bertz CT molecular complexity index is 1240. The Balaban J connectivity index is 1.79. The van der Waals surface area contributed by atoms with Crippen molar-refractivity contribution in [2.45, 2.75) is 45.8 Å². The summed E-state index contributed by atoms with van der Waals surface area (Å²) >= 11 is 0. The zero-order valence-electron chi connectivity index (χ0n) is 20.6. The van der Waals surface area contributed by atoms with Crippen LogP contribution >= 0.6 is 0 Å². The predicted octanol–water partition coefficient (Wildman–Crippen LogP) is 5.16. The summed E-state index contributed by atoms with van der Waals surface area (Å²) in [7, 11) is 3.20. The van der Waals surface area contributed by atoms with Gasteiger partial charge in [-0.15, -0.1) is 0 Å². The Morgan fingerprint density at radius 1 is 1.08 bits per heavy atom. The van der Waals surface area contributed by atoms with Gasteiger partial charge in [-0.1, -0.05) is 0 Å². The van der Waals surface area contributed by atoms with Crippen molar-refractivity contribution in [1.82, 2.24) is 14.8 Å². The first-order valence-corrected chi connectivity index (χ1v) is 10.9. The van der Waals surface area contributed by atoms with Gasteiger partial charge in [0.05, 0.1) is 37.1 Å². The number of nitrogens with two attached hydrogens (primary N) is 1. The van der Waals surface area contributed by atoms with E-state index in [-0.39, 0.29) is 24.5 Å². The van der Waals surface area contributed by atoms with Crippen molar-refractivity contribution >= 4 is 17.5 Å². The highest BCUT2D eigenvalue weighted by Crippen LogP contribution is 2.35. The molecule has 0 aliphatic heterocycles. The van der Waals surface area contributed by atoms with Gasteiger partial charge in [0.15, 0.2) is 11.6 Å². The number of anilines is 2. The second-order valence-corrected chi connectivity index (χ2v) is 9.04. The first-order chi connectivity index (χ1) is 16.7. The molecule has 0 fully saturated rings. The summed E-state index contributed by atoms with van der Waals surface area (Å²) in [4.78, 5) is 16.3. The number of aromatic nitrogens is 3. The van der Waals surface area contributed by atoms with Crippen LogP contribution in [-0.2, 0) is 35.9 Å². The Morgan fingerprint density at radius 3 is 2.31 bits per heavy atom. The molecule has 1 amide bonds. The van der Waals surface area contributed by atoms with E-state index in [4.69, 9.17) is 19.9 Å². The Labute approximate surface area is 206 Å². The third-order valence-electron chi connectivity index (χ3n) is 4.72. The summed E-state index contributed by atoms with van der Waals surface area (Å²) in [5, 5.41) is 6.61. The minimum Gasteiger partial charge on any atom is -0.494 e. The van der Waals surface area contributed by atoms with Crippen molar-refractivity contribution in [2.24, 2.45) is 7.05 Å². The lowest BCUT2D eigenvalue weighted by Crippen LogP contribution is -2.27. The summed E-state index contributed by atoms with van der Waals surface area (Å²) in [5.41, 5.74) is 6.08. The van der Waals surface area contributed by atoms with Crippen molar-refractivity contribution in [3.05, 3.63) is 53.3 Å². The lowest BCUT2D eigenvalue weighted by Gasteiger charge is -2.20.